The fraction of sp³-hybridized carbons (Fsp3) is 0.467. The molecular formula is C15H17F2N3O. The lowest BCUT2D eigenvalue weighted by Gasteiger charge is -2.29. The lowest BCUT2D eigenvalue weighted by Crippen LogP contribution is -2.31. The molecule has 1 N–H and O–H groups in total. The Hall–Kier alpha value is -1.82. The number of methoxy groups -OCH3 is 1. The van der Waals surface area contributed by atoms with Gasteiger partial charge in [-0.05, 0) is 25.7 Å². The first-order valence-electron chi connectivity index (χ1n) is 7.07. The summed E-state index contributed by atoms with van der Waals surface area (Å²) in [5, 5.41) is 3.30. The quantitative estimate of drug-likeness (QED) is 0.943. The minimum absolute atomic E-state index is 0.260. The van der Waals surface area contributed by atoms with Crippen LogP contribution >= 0.6 is 0 Å². The van der Waals surface area contributed by atoms with Gasteiger partial charge in [-0.25, -0.2) is 13.8 Å². The third-order valence-electron chi connectivity index (χ3n) is 3.90. The zero-order valence-electron chi connectivity index (χ0n) is 11.8. The maximum Gasteiger partial charge on any atom is 0.161 e. The first-order valence-corrected chi connectivity index (χ1v) is 7.07. The molecule has 0 aliphatic heterocycles. The molecule has 0 spiro atoms. The van der Waals surface area contributed by atoms with Crippen molar-refractivity contribution in [3.63, 3.8) is 0 Å². The molecule has 3 rings (SSSR count). The number of nitrogens with zero attached hydrogens (tertiary/aromatic N) is 2. The van der Waals surface area contributed by atoms with E-state index in [4.69, 9.17) is 4.74 Å². The van der Waals surface area contributed by atoms with Crippen LogP contribution in [0.2, 0.25) is 0 Å². The number of aromatic nitrogens is 2. The van der Waals surface area contributed by atoms with Gasteiger partial charge in [0.05, 0.1) is 23.3 Å². The van der Waals surface area contributed by atoms with Crippen molar-refractivity contribution >= 4 is 16.9 Å². The van der Waals surface area contributed by atoms with E-state index in [0.29, 0.717) is 16.9 Å². The van der Waals surface area contributed by atoms with Crippen LogP contribution in [0, 0.1) is 11.6 Å². The highest BCUT2D eigenvalue weighted by molar-refractivity contribution is 5.75. The van der Waals surface area contributed by atoms with Crippen LogP contribution in [0.1, 0.15) is 25.7 Å². The topological polar surface area (TPSA) is 47.0 Å². The van der Waals surface area contributed by atoms with E-state index in [1.54, 1.807) is 13.3 Å². The van der Waals surface area contributed by atoms with Crippen molar-refractivity contribution in [3.05, 3.63) is 30.0 Å². The maximum absolute atomic E-state index is 13.3. The summed E-state index contributed by atoms with van der Waals surface area (Å²) in [5.41, 5.74) is 0.691. The smallest absolute Gasteiger partial charge is 0.161 e. The highest BCUT2D eigenvalue weighted by atomic mass is 19.2. The molecule has 1 heterocycles. The monoisotopic (exact) mass is 293 g/mol. The molecule has 0 bridgehead atoms. The summed E-state index contributed by atoms with van der Waals surface area (Å²) in [6.45, 7) is 0. The summed E-state index contributed by atoms with van der Waals surface area (Å²) in [4.78, 5) is 8.43. The van der Waals surface area contributed by atoms with Crippen molar-refractivity contribution < 1.29 is 13.5 Å². The highest BCUT2D eigenvalue weighted by Gasteiger charge is 2.22. The minimum atomic E-state index is -0.911. The molecule has 1 aromatic heterocycles. The van der Waals surface area contributed by atoms with Crippen LogP contribution in [0.15, 0.2) is 18.3 Å². The maximum atomic E-state index is 13.3. The van der Waals surface area contributed by atoms with E-state index >= 15 is 0 Å². The molecule has 1 aliphatic rings. The molecule has 2 unspecified atom stereocenters. The molecule has 112 valence electrons. The van der Waals surface area contributed by atoms with Gasteiger partial charge in [-0.3, -0.25) is 4.98 Å². The Morgan fingerprint density at radius 3 is 2.71 bits per heavy atom. The van der Waals surface area contributed by atoms with Crippen LogP contribution < -0.4 is 5.32 Å². The second-order valence-electron chi connectivity index (χ2n) is 5.38. The van der Waals surface area contributed by atoms with E-state index in [0.717, 1.165) is 37.8 Å². The lowest BCUT2D eigenvalue weighted by atomic mass is 9.93. The van der Waals surface area contributed by atoms with Crippen molar-refractivity contribution in [1.82, 2.24) is 9.97 Å². The molecule has 6 heteroatoms. The van der Waals surface area contributed by atoms with Crippen LogP contribution in [0.25, 0.3) is 11.0 Å². The van der Waals surface area contributed by atoms with Crippen molar-refractivity contribution in [2.24, 2.45) is 0 Å². The van der Waals surface area contributed by atoms with Gasteiger partial charge in [0.15, 0.2) is 11.6 Å². The van der Waals surface area contributed by atoms with Crippen LogP contribution in [-0.2, 0) is 4.74 Å². The molecule has 4 nitrogen and oxygen atoms in total. The van der Waals surface area contributed by atoms with E-state index in [1.165, 1.54) is 0 Å². The van der Waals surface area contributed by atoms with Crippen molar-refractivity contribution in [1.29, 1.82) is 0 Å². The predicted molar refractivity (Wildman–Crippen MR) is 76.1 cm³/mol. The second-order valence-corrected chi connectivity index (χ2v) is 5.38. The fourth-order valence-corrected chi connectivity index (χ4v) is 2.78. The van der Waals surface area contributed by atoms with Gasteiger partial charge in [-0.1, -0.05) is 0 Å². The number of hydrogen-bond acceptors (Lipinski definition) is 4. The van der Waals surface area contributed by atoms with Gasteiger partial charge >= 0.3 is 0 Å². The summed E-state index contributed by atoms with van der Waals surface area (Å²) >= 11 is 0. The molecule has 2 aromatic rings. The average Bonchev–Trinajstić information content (AvgIpc) is 2.49. The summed E-state index contributed by atoms with van der Waals surface area (Å²) < 4.78 is 31.8. The number of halogens is 2. The van der Waals surface area contributed by atoms with Crippen LogP contribution in [0.5, 0.6) is 0 Å². The van der Waals surface area contributed by atoms with Crippen LogP contribution in [-0.4, -0.2) is 29.2 Å². The zero-order chi connectivity index (χ0) is 14.8. The Labute approximate surface area is 121 Å². The molecular weight excluding hydrogens is 276 g/mol. The van der Waals surface area contributed by atoms with Crippen molar-refractivity contribution in [3.8, 4) is 0 Å². The van der Waals surface area contributed by atoms with E-state index in [1.807, 2.05) is 0 Å². The second kappa shape index (κ2) is 5.89. The average molecular weight is 293 g/mol. The zero-order valence-corrected chi connectivity index (χ0v) is 11.8. The third kappa shape index (κ3) is 3.10. The van der Waals surface area contributed by atoms with Gasteiger partial charge in [-0.2, -0.15) is 0 Å². The summed E-state index contributed by atoms with van der Waals surface area (Å²) in [7, 11) is 1.72. The highest BCUT2D eigenvalue weighted by Crippen LogP contribution is 2.24. The SMILES string of the molecule is COC1CCCC(Nc2cnc3cc(F)c(F)cc3n2)C1. The van der Waals surface area contributed by atoms with Gasteiger partial charge in [0, 0.05) is 25.3 Å². The number of fused-ring (bicyclic) bond motifs is 1. The summed E-state index contributed by atoms with van der Waals surface area (Å²) in [6.07, 6.45) is 5.93. The molecule has 1 aliphatic carbocycles. The van der Waals surface area contributed by atoms with Gasteiger partial charge in [0.25, 0.3) is 0 Å². The summed E-state index contributed by atoms with van der Waals surface area (Å²) in [6, 6.07) is 2.39. The molecule has 21 heavy (non-hydrogen) atoms. The number of rotatable bonds is 3. The Bertz CT molecular complexity index is 650. The van der Waals surface area contributed by atoms with E-state index in [-0.39, 0.29) is 12.1 Å². The van der Waals surface area contributed by atoms with Gasteiger partial charge in [0.1, 0.15) is 5.82 Å². The largest absolute Gasteiger partial charge is 0.381 e. The van der Waals surface area contributed by atoms with Crippen LogP contribution in [0.4, 0.5) is 14.6 Å². The molecule has 1 aromatic carbocycles. The Morgan fingerprint density at radius 2 is 1.95 bits per heavy atom. The molecule has 0 saturated heterocycles. The number of nitrogens with one attached hydrogen (secondary N) is 1. The lowest BCUT2D eigenvalue weighted by molar-refractivity contribution is 0.0669. The molecule has 0 amide bonds. The Balaban J connectivity index is 1.79. The number of hydrogen-bond donors (Lipinski definition) is 1. The molecule has 1 saturated carbocycles. The fourth-order valence-electron chi connectivity index (χ4n) is 2.78. The van der Waals surface area contributed by atoms with E-state index in [9.17, 15) is 8.78 Å². The normalized spacial score (nSPS) is 22.4. The molecule has 2 atom stereocenters. The Morgan fingerprint density at radius 1 is 1.19 bits per heavy atom. The van der Waals surface area contributed by atoms with E-state index in [2.05, 4.69) is 15.3 Å². The minimum Gasteiger partial charge on any atom is -0.381 e. The first-order chi connectivity index (χ1) is 10.2. The summed E-state index contributed by atoms with van der Waals surface area (Å²) in [5.74, 6) is -1.24. The van der Waals surface area contributed by atoms with Gasteiger partial charge in [0.2, 0.25) is 0 Å². The first kappa shape index (κ1) is 14.1. The van der Waals surface area contributed by atoms with Crippen LogP contribution in [0.3, 0.4) is 0 Å². The molecule has 0 radical (unpaired) electrons. The number of ether oxygens (including phenoxy) is 1. The van der Waals surface area contributed by atoms with Gasteiger partial charge < -0.3 is 10.1 Å². The Kier molecular flexibility index (Phi) is 3.96. The van der Waals surface area contributed by atoms with E-state index < -0.39 is 11.6 Å². The number of benzene rings is 1. The number of anilines is 1. The molecule has 1 fully saturated rings. The third-order valence-corrected chi connectivity index (χ3v) is 3.90. The van der Waals surface area contributed by atoms with Crippen molar-refractivity contribution in [2.45, 2.75) is 37.8 Å². The standard InChI is InChI=1S/C15H17F2N3O/c1-21-10-4-2-3-9(5-10)19-15-8-18-13-6-11(16)12(17)7-14(13)20-15/h6-10H,2-5H2,1H3,(H,19,20). The predicted octanol–water partition coefficient (Wildman–Crippen LogP) is 3.28. The van der Waals surface area contributed by atoms with Gasteiger partial charge in [-0.15, -0.1) is 0 Å². The van der Waals surface area contributed by atoms with Crippen molar-refractivity contribution in [2.75, 3.05) is 12.4 Å².